The summed E-state index contributed by atoms with van der Waals surface area (Å²) in [6.07, 6.45) is 7.40. The first-order valence-electron chi connectivity index (χ1n) is 5.59. The Bertz CT molecular complexity index is 315. The molecule has 1 aromatic heterocycles. The third-order valence-electron chi connectivity index (χ3n) is 3.17. The molecule has 2 N–H and O–H groups in total. The summed E-state index contributed by atoms with van der Waals surface area (Å²) in [5.41, 5.74) is 0.755. The van der Waals surface area contributed by atoms with E-state index in [0.717, 1.165) is 38.8 Å². The molecule has 0 spiro atoms. The van der Waals surface area contributed by atoms with Crippen LogP contribution in [0.4, 0.5) is 0 Å². The van der Waals surface area contributed by atoms with E-state index in [-0.39, 0.29) is 0 Å². The van der Waals surface area contributed by atoms with Gasteiger partial charge in [0.2, 0.25) is 0 Å². The van der Waals surface area contributed by atoms with Crippen molar-refractivity contribution < 1.29 is 5.11 Å². The molecule has 0 radical (unpaired) electrons. The SMILES string of the molecule is Cn1cc(CCC2(O)CCNCC2)cn1. The fourth-order valence-corrected chi connectivity index (χ4v) is 2.12. The van der Waals surface area contributed by atoms with Gasteiger partial charge in [0.25, 0.3) is 0 Å². The van der Waals surface area contributed by atoms with E-state index in [4.69, 9.17) is 0 Å². The monoisotopic (exact) mass is 209 g/mol. The number of aryl methyl sites for hydroxylation is 2. The molecular formula is C11H19N3O. The Morgan fingerprint density at radius 2 is 2.27 bits per heavy atom. The van der Waals surface area contributed by atoms with Gasteiger partial charge >= 0.3 is 0 Å². The highest BCUT2D eigenvalue weighted by molar-refractivity contribution is 5.05. The van der Waals surface area contributed by atoms with Crippen LogP contribution in [0.15, 0.2) is 12.4 Å². The van der Waals surface area contributed by atoms with E-state index in [1.807, 2.05) is 24.1 Å². The zero-order valence-corrected chi connectivity index (χ0v) is 9.24. The standard InChI is InChI=1S/C11H19N3O/c1-14-9-10(8-13-14)2-3-11(15)4-6-12-7-5-11/h8-9,12,15H,2-7H2,1H3. The molecule has 1 aliphatic heterocycles. The van der Waals surface area contributed by atoms with Crippen LogP contribution < -0.4 is 5.32 Å². The predicted octanol–water partition coefficient (Wildman–Crippen LogP) is 0.467. The van der Waals surface area contributed by atoms with Gasteiger partial charge < -0.3 is 10.4 Å². The first kappa shape index (κ1) is 10.6. The maximum Gasteiger partial charge on any atom is 0.0675 e. The number of hydrogen-bond acceptors (Lipinski definition) is 3. The van der Waals surface area contributed by atoms with Crippen molar-refractivity contribution in [3.63, 3.8) is 0 Å². The summed E-state index contributed by atoms with van der Waals surface area (Å²) in [7, 11) is 1.92. The Morgan fingerprint density at radius 3 is 2.87 bits per heavy atom. The Kier molecular flexibility index (Phi) is 3.07. The molecule has 1 fully saturated rings. The summed E-state index contributed by atoms with van der Waals surface area (Å²) in [6, 6.07) is 0. The molecule has 0 unspecified atom stereocenters. The molecule has 15 heavy (non-hydrogen) atoms. The predicted molar refractivity (Wildman–Crippen MR) is 58.6 cm³/mol. The van der Waals surface area contributed by atoms with Gasteiger partial charge in [-0.3, -0.25) is 4.68 Å². The van der Waals surface area contributed by atoms with Gasteiger partial charge in [0.05, 0.1) is 11.8 Å². The fraction of sp³-hybridized carbons (Fsp3) is 0.727. The van der Waals surface area contributed by atoms with Crippen LogP contribution in [-0.4, -0.2) is 33.6 Å². The van der Waals surface area contributed by atoms with E-state index in [1.165, 1.54) is 5.56 Å². The number of nitrogens with zero attached hydrogens (tertiary/aromatic N) is 2. The van der Waals surface area contributed by atoms with E-state index in [2.05, 4.69) is 10.4 Å². The summed E-state index contributed by atoms with van der Waals surface area (Å²) in [4.78, 5) is 0. The van der Waals surface area contributed by atoms with Crippen molar-refractivity contribution in [1.82, 2.24) is 15.1 Å². The molecule has 0 bridgehead atoms. The van der Waals surface area contributed by atoms with Crippen molar-refractivity contribution in [2.24, 2.45) is 7.05 Å². The molecule has 0 saturated carbocycles. The van der Waals surface area contributed by atoms with Crippen LogP contribution in [-0.2, 0) is 13.5 Å². The van der Waals surface area contributed by atoms with E-state index in [0.29, 0.717) is 0 Å². The van der Waals surface area contributed by atoms with Crippen LogP contribution in [0, 0.1) is 0 Å². The zero-order valence-electron chi connectivity index (χ0n) is 9.24. The summed E-state index contributed by atoms with van der Waals surface area (Å²) >= 11 is 0. The van der Waals surface area contributed by atoms with Gasteiger partial charge in [0, 0.05) is 13.2 Å². The van der Waals surface area contributed by atoms with E-state index in [9.17, 15) is 5.11 Å². The molecule has 84 valence electrons. The third-order valence-corrected chi connectivity index (χ3v) is 3.17. The molecule has 0 aromatic carbocycles. The van der Waals surface area contributed by atoms with Crippen molar-refractivity contribution in [1.29, 1.82) is 0 Å². The molecular weight excluding hydrogens is 190 g/mol. The maximum absolute atomic E-state index is 10.3. The molecule has 0 amide bonds. The van der Waals surface area contributed by atoms with Crippen LogP contribution in [0.5, 0.6) is 0 Å². The van der Waals surface area contributed by atoms with Crippen LogP contribution in [0.2, 0.25) is 0 Å². The lowest BCUT2D eigenvalue weighted by atomic mass is 9.87. The Hall–Kier alpha value is -0.870. The number of hydrogen-bond donors (Lipinski definition) is 2. The number of rotatable bonds is 3. The summed E-state index contributed by atoms with van der Waals surface area (Å²) in [5.74, 6) is 0. The summed E-state index contributed by atoms with van der Waals surface area (Å²) < 4.78 is 1.81. The van der Waals surface area contributed by atoms with E-state index in [1.54, 1.807) is 0 Å². The Balaban J connectivity index is 1.86. The quantitative estimate of drug-likeness (QED) is 0.760. The van der Waals surface area contributed by atoms with Crippen LogP contribution in [0.3, 0.4) is 0 Å². The Labute approximate surface area is 90.3 Å². The molecule has 2 rings (SSSR count). The molecule has 1 aromatic rings. The number of piperidine rings is 1. The highest BCUT2D eigenvalue weighted by Crippen LogP contribution is 2.23. The van der Waals surface area contributed by atoms with Crippen molar-refractivity contribution in [3.8, 4) is 0 Å². The molecule has 1 saturated heterocycles. The smallest absolute Gasteiger partial charge is 0.0675 e. The van der Waals surface area contributed by atoms with Crippen molar-refractivity contribution >= 4 is 0 Å². The average molecular weight is 209 g/mol. The van der Waals surface area contributed by atoms with Crippen molar-refractivity contribution in [2.45, 2.75) is 31.3 Å². The molecule has 4 heteroatoms. The molecule has 0 aliphatic carbocycles. The summed E-state index contributed by atoms with van der Waals surface area (Å²) in [6.45, 7) is 1.87. The van der Waals surface area contributed by atoms with Crippen LogP contribution in [0.1, 0.15) is 24.8 Å². The van der Waals surface area contributed by atoms with Gasteiger partial charge in [-0.2, -0.15) is 5.10 Å². The second-order valence-corrected chi connectivity index (χ2v) is 4.50. The number of aromatic nitrogens is 2. The topological polar surface area (TPSA) is 50.1 Å². The fourth-order valence-electron chi connectivity index (χ4n) is 2.12. The maximum atomic E-state index is 10.3. The summed E-state index contributed by atoms with van der Waals surface area (Å²) in [5, 5.41) is 17.7. The van der Waals surface area contributed by atoms with E-state index >= 15 is 0 Å². The highest BCUT2D eigenvalue weighted by Gasteiger charge is 2.28. The minimum Gasteiger partial charge on any atom is -0.390 e. The largest absolute Gasteiger partial charge is 0.390 e. The van der Waals surface area contributed by atoms with Gasteiger partial charge in [0.15, 0.2) is 0 Å². The lowest BCUT2D eigenvalue weighted by molar-refractivity contribution is 0.00281. The van der Waals surface area contributed by atoms with E-state index < -0.39 is 5.60 Å². The average Bonchev–Trinajstić information content (AvgIpc) is 2.63. The van der Waals surface area contributed by atoms with Gasteiger partial charge in [0.1, 0.15) is 0 Å². The third kappa shape index (κ3) is 2.79. The number of aliphatic hydroxyl groups is 1. The van der Waals surface area contributed by atoms with Gasteiger partial charge in [-0.25, -0.2) is 0 Å². The molecule has 4 nitrogen and oxygen atoms in total. The second kappa shape index (κ2) is 4.33. The molecule has 1 aliphatic rings. The highest BCUT2D eigenvalue weighted by atomic mass is 16.3. The first-order chi connectivity index (χ1) is 7.18. The van der Waals surface area contributed by atoms with Crippen molar-refractivity contribution in [3.05, 3.63) is 18.0 Å². The zero-order chi connectivity index (χ0) is 10.7. The first-order valence-corrected chi connectivity index (χ1v) is 5.59. The van der Waals surface area contributed by atoms with Gasteiger partial charge in [-0.1, -0.05) is 0 Å². The van der Waals surface area contributed by atoms with Crippen molar-refractivity contribution in [2.75, 3.05) is 13.1 Å². The molecule has 2 heterocycles. The normalized spacial score (nSPS) is 20.4. The molecule has 0 atom stereocenters. The lowest BCUT2D eigenvalue weighted by Gasteiger charge is -2.32. The van der Waals surface area contributed by atoms with Crippen LogP contribution in [0.25, 0.3) is 0 Å². The second-order valence-electron chi connectivity index (χ2n) is 4.50. The van der Waals surface area contributed by atoms with Gasteiger partial charge in [-0.05, 0) is 44.3 Å². The minimum atomic E-state index is -0.457. The number of nitrogens with one attached hydrogen (secondary N) is 1. The minimum absolute atomic E-state index is 0.457. The Morgan fingerprint density at radius 1 is 1.53 bits per heavy atom. The van der Waals surface area contributed by atoms with Gasteiger partial charge in [-0.15, -0.1) is 0 Å². The lowest BCUT2D eigenvalue weighted by Crippen LogP contribution is -2.42. The van der Waals surface area contributed by atoms with Crippen LogP contribution >= 0.6 is 0 Å².